The van der Waals surface area contributed by atoms with E-state index in [9.17, 15) is 4.79 Å². The van der Waals surface area contributed by atoms with Crippen LogP contribution in [0.4, 0.5) is 0 Å². The molecule has 110 valence electrons. The van der Waals surface area contributed by atoms with Gasteiger partial charge in [0.05, 0.1) is 6.04 Å². The van der Waals surface area contributed by atoms with Crippen molar-refractivity contribution in [3.05, 3.63) is 63.9 Å². The third-order valence-electron chi connectivity index (χ3n) is 3.32. The van der Waals surface area contributed by atoms with Crippen LogP contribution in [0, 0.1) is 12.8 Å². The Labute approximate surface area is 130 Å². The van der Waals surface area contributed by atoms with E-state index in [4.69, 9.17) is 0 Å². The molecule has 0 aliphatic heterocycles. The van der Waals surface area contributed by atoms with Crippen LogP contribution in [-0.2, 0) is 4.79 Å². The molecule has 1 aromatic carbocycles. The fourth-order valence-electron chi connectivity index (χ4n) is 2.09. The number of carbonyl (C=O) groups is 1. The van der Waals surface area contributed by atoms with E-state index in [0.717, 1.165) is 5.56 Å². The third-order valence-corrected chi connectivity index (χ3v) is 4.27. The number of amides is 1. The Kier molecular flexibility index (Phi) is 5.34. The SMILES string of the molecule is Cc1ccc(/C=C/C(=O)N[C@H](c2cccs2)C(C)C)cc1. The molecule has 1 aromatic heterocycles. The number of thiophene rings is 1. The Balaban J connectivity index is 2.01. The van der Waals surface area contributed by atoms with Gasteiger partial charge in [-0.15, -0.1) is 11.3 Å². The molecule has 0 aliphatic carbocycles. The van der Waals surface area contributed by atoms with Crippen molar-refractivity contribution in [1.29, 1.82) is 0 Å². The number of benzene rings is 1. The summed E-state index contributed by atoms with van der Waals surface area (Å²) in [6, 6.07) is 12.3. The van der Waals surface area contributed by atoms with Crippen LogP contribution in [0.3, 0.4) is 0 Å². The van der Waals surface area contributed by atoms with E-state index in [1.807, 2.05) is 41.8 Å². The molecule has 0 radical (unpaired) electrons. The molecule has 0 spiro atoms. The maximum Gasteiger partial charge on any atom is 0.244 e. The summed E-state index contributed by atoms with van der Waals surface area (Å²) in [7, 11) is 0. The lowest BCUT2D eigenvalue weighted by atomic mass is 10.0. The predicted octanol–water partition coefficient (Wildman–Crippen LogP) is 4.58. The lowest BCUT2D eigenvalue weighted by Crippen LogP contribution is -2.29. The van der Waals surface area contributed by atoms with Crippen molar-refractivity contribution in [2.45, 2.75) is 26.8 Å². The highest BCUT2D eigenvalue weighted by atomic mass is 32.1. The molecule has 0 unspecified atom stereocenters. The highest BCUT2D eigenvalue weighted by Gasteiger charge is 2.17. The van der Waals surface area contributed by atoms with E-state index in [1.165, 1.54) is 10.4 Å². The number of hydrogen-bond donors (Lipinski definition) is 1. The lowest BCUT2D eigenvalue weighted by Gasteiger charge is -2.20. The molecule has 21 heavy (non-hydrogen) atoms. The summed E-state index contributed by atoms with van der Waals surface area (Å²) in [6.07, 6.45) is 3.45. The van der Waals surface area contributed by atoms with Crippen LogP contribution in [0.1, 0.15) is 35.9 Å². The van der Waals surface area contributed by atoms with Crippen molar-refractivity contribution in [3.8, 4) is 0 Å². The molecule has 1 N–H and O–H groups in total. The maximum atomic E-state index is 12.1. The molecule has 1 amide bonds. The van der Waals surface area contributed by atoms with Gasteiger partial charge in [-0.25, -0.2) is 0 Å². The molecular weight excluding hydrogens is 278 g/mol. The summed E-state index contributed by atoms with van der Waals surface area (Å²) in [5.41, 5.74) is 2.25. The minimum atomic E-state index is -0.0531. The number of rotatable bonds is 5. The van der Waals surface area contributed by atoms with Crippen LogP contribution < -0.4 is 5.32 Å². The summed E-state index contributed by atoms with van der Waals surface area (Å²) < 4.78 is 0. The summed E-state index contributed by atoms with van der Waals surface area (Å²) in [5, 5.41) is 5.13. The maximum absolute atomic E-state index is 12.1. The van der Waals surface area contributed by atoms with Gasteiger partial charge in [-0.3, -0.25) is 4.79 Å². The lowest BCUT2D eigenvalue weighted by molar-refractivity contribution is -0.117. The van der Waals surface area contributed by atoms with Gasteiger partial charge in [0, 0.05) is 11.0 Å². The van der Waals surface area contributed by atoms with Crippen molar-refractivity contribution in [3.63, 3.8) is 0 Å². The van der Waals surface area contributed by atoms with Crippen LogP contribution in [0.25, 0.3) is 6.08 Å². The van der Waals surface area contributed by atoms with Gasteiger partial charge in [0.2, 0.25) is 5.91 Å². The first-order chi connectivity index (χ1) is 10.1. The third kappa shape index (κ3) is 4.57. The molecular formula is C18H21NOS. The Morgan fingerprint density at radius 2 is 1.90 bits per heavy atom. The van der Waals surface area contributed by atoms with Crippen molar-refractivity contribution in [2.75, 3.05) is 0 Å². The van der Waals surface area contributed by atoms with E-state index >= 15 is 0 Å². The number of carbonyl (C=O) groups excluding carboxylic acids is 1. The van der Waals surface area contributed by atoms with Gasteiger partial charge in [-0.05, 0) is 35.9 Å². The Morgan fingerprint density at radius 3 is 2.48 bits per heavy atom. The van der Waals surface area contributed by atoms with Gasteiger partial charge in [-0.1, -0.05) is 49.7 Å². The molecule has 2 aromatic rings. The number of aryl methyl sites for hydroxylation is 1. The van der Waals surface area contributed by atoms with Crippen LogP contribution in [0.2, 0.25) is 0 Å². The predicted molar refractivity (Wildman–Crippen MR) is 90.3 cm³/mol. The topological polar surface area (TPSA) is 29.1 Å². The Bertz CT molecular complexity index is 597. The van der Waals surface area contributed by atoms with Crippen molar-refractivity contribution in [1.82, 2.24) is 5.32 Å². The highest BCUT2D eigenvalue weighted by Crippen LogP contribution is 2.25. The normalized spacial score (nSPS) is 12.8. The summed E-state index contributed by atoms with van der Waals surface area (Å²) in [6.45, 7) is 6.29. The van der Waals surface area contributed by atoms with E-state index < -0.39 is 0 Å². The fraction of sp³-hybridized carbons (Fsp3) is 0.278. The number of nitrogens with one attached hydrogen (secondary N) is 1. The molecule has 2 nitrogen and oxygen atoms in total. The van der Waals surface area contributed by atoms with Gasteiger partial charge in [0.15, 0.2) is 0 Å². The molecule has 0 saturated heterocycles. The Hall–Kier alpha value is -1.87. The second-order valence-electron chi connectivity index (χ2n) is 5.49. The molecule has 2 rings (SSSR count). The van der Waals surface area contributed by atoms with E-state index in [1.54, 1.807) is 17.4 Å². The molecule has 1 atom stereocenters. The van der Waals surface area contributed by atoms with E-state index in [2.05, 4.69) is 32.2 Å². The van der Waals surface area contributed by atoms with Crippen molar-refractivity contribution >= 4 is 23.3 Å². The minimum Gasteiger partial charge on any atom is -0.345 e. The average molecular weight is 299 g/mol. The minimum absolute atomic E-state index is 0.0531. The zero-order valence-electron chi connectivity index (χ0n) is 12.7. The first kappa shape index (κ1) is 15.5. The molecule has 0 aliphatic rings. The van der Waals surface area contributed by atoms with Crippen LogP contribution in [-0.4, -0.2) is 5.91 Å². The molecule has 1 heterocycles. The van der Waals surface area contributed by atoms with Gasteiger partial charge in [0.1, 0.15) is 0 Å². The summed E-state index contributed by atoms with van der Waals surface area (Å²) >= 11 is 1.68. The first-order valence-corrected chi connectivity index (χ1v) is 8.03. The van der Waals surface area contributed by atoms with Gasteiger partial charge >= 0.3 is 0 Å². The summed E-state index contributed by atoms with van der Waals surface area (Å²) in [4.78, 5) is 13.3. The van der Waals surface area contributed by atoms with Crippen LogP contribution in [0.5, 0.6) is 0 Å². The average Bonchev–Trinajstić information content (AvgIpc) is 2.97. The highest BCUT2D eigenvalue weighted by molar-refractivity contribution is 7.10. The fourth-order valence-corrected chi connectivity index (χ4v) is 3.03. The zero-order chi connectivity index (χ0) is 15.2. The zero-order valence-corrected chi connectivity index (χ0v) is 13.5. The van der Waals surface area contributed by atoms with E-state index in [0.29, 0.717) is 5.92 Å². The van der Waals surface area contributed by atoms with Gasteiger partial charge in [0.25, 0.3) is 0 Å². The Morgan fingerprint density at radius 1 is 1.19 bits per heavy atom. The second kappa shape index (κ2) is 7.23. The van der Waals surface area contributed by atoms with Crippen molar-refractivity contribution < 1.29 is 4.79 Å². The molecule has 0 fully saturated rings. The molecule has 0 saturated carbocycles. The van der Waals surface area contributed by atoms with Crippen LogP contribution >= 0.6 is 11.3 Å². The molecule has 3 heteroatoms. The second-order valence-corrected chi connectivity index (χ2v) is 6.47. The van der Waals surface area contributed by atoms with Gasteiger partial charge in [-0.2, -0.15) is 0 Å². The largest absolute Gasteiger partial charge is 0.345 e. The molecule has 0 bridgehead atoms. The van der Waals surface area contributed by atoms with E-state index in [-0.39, 0.29) is 11.9 Å². The quantitative estimate of drug-likeness (QED) is 0.804. The first-order valence-electron chi connectivity index (χ1n) is 7.15. The monoisotopic (exact) mass is 299 g/mol. The number of hydrogen-bond acceptors (Lipinski definition) is 2. The smallest absolute Gasteiger partial charge is 0.244 e. The summed E-state index contributed by atoms with van der Waals surface area (Å²) in [5.74, 6) is 0.308. The standard InChI is InChI=1S/C18H21NOS/c1-13(2)18(16-5-4-12-21-16)19-17(20)11-10-15-8-6-14(3)7-9-15/h4-13,18H,1-3H3,(H,19,20)/b11-10+/t18-/m0/s1. The van der Waals surface area contributed by atoms with Gasteiger partial charge < -0.3 is 5.32 Å². The van der Waals surface area contributed by atoms with Crippen LogP contribution in [0.15, 0.2) is 47.9 Å². The van der Waals surface area contributed by atoms with Crippen molar-refractivity contribution in [2.24, 2.45) is 5.92 Å².